The Morgan fingerprint density at radius 2 is 2.33 bits per heavy atom. The highest BCUT2D eigenvalue weighted by Crippen LogP contribution is 2.17. The summed E-state index contributed by atoms with van der Waals surface area (Å²) in [5.74, 6) is -0.190. The lowest BCUT2D eigenvalue weighted by Gasteiger charge is -1.94. The summed E-state index contributed by atoms with van der Waals surface area (Å²) in [7, 11) is 0. The molecule has 1 heterocycles. The third-order valence-electron chi connectivity index (χ3n) is 1.23. The molecule has 0 aromatic carbocycles. The third kappa shape index (κ3) is 1.99. The fraction of sp³-hybridized carbons (Fsp3) is 0.167. The van der Waals surface area contributed by atoms with Crippen molar-refractivity contribution >= 4 is 21.7 Å². The lowest BCUT2D eigenvalue weighted by atomic mass is 10.3. The molecule has 0 atom stereocenters. The Hall–Kier alpha value is -1.01. The summed E-state index contributed by atoms with van der Waals surface area (Å²) in [6.45, 7) is 0.195. The Morgan fingerprint density at radius 3 is 2.83 bits per heavy atom. The Balaban J connectivity index is 3.15. The first kappa shape index (κ1) is 9.08. The molecule has 0 amide bonds. The molecule has 0 saturated carbocycles. The molecule has 0 spiro atoms. The van der Waals surface area contributed by atoms with Crippen LogP contribution < -0.4 is 5.73 Å². The van der Waals surface area contributed by atoms with Crippen LogP contribution in [0.15, 0.2) is 16.6 Å². The van der Waals surface area contributed by atoms with Crippen LogP contribution in [0.5, 0.6) is 0 Å². The Labute approximate surface area is 76.9 Å². The van der Waals surface area contributed by atoms with E-state index in [1.807, 2.05) is 0 Å². The summed E-state index contributed by atoms with van der Waals surface area (Å²) in [6, 6.07) is 2.98. The van der Waals surface area contributed by atoms with Crippen LogP contribution in [0.1, 0.15) is 5.69 Å². The zero-order chi connectivity index (χ0) is 9.14. The molecule has 0 bridgehead atoms. The van der Waals surface area contributed by atoms with E-state index in [1.54, 1.807) is 6.07 Å². The molecule has 0 fully saturated rings. The first-order chi connectivity index (χ1) is 5.63. The fourth-order valence-corrected chi connectivity index (χ4v) is 1.20. The van der Waals surface area contributed by atoms with E-state index in [0.717, 1.165) is 0 Å². The molecule has 64 valence electrons. The predicted molar refractivity (Wildman–Crippen MR) is 46.5 cm³/mol. The van der Waals surface area contributed by atoms with Crippen LogP contribution >= 0.6 is 15.9 Å². The van der Waals surface area contributed by atoms with Gasteiger partial charge in [0.05, 0.1) is 12.6 Å². The SMILES string of the molecule is NCc1cc(Br)cc([N+](=O)[O-])n1. The smallest absolute Gasteiger partial charge is 0.358 e. The largest absolute Gasteiger partial charge is 0.364 e. The van der Waals surface area contributed by atoms with Crippen molar-refractivity contribution in [3.05, 3.63) is 32.4 Å². The minimum Gasteiger partial charge on any atom is -0.358 e. The lowest BCUT2D eigenvalue weighted by molar-refractivity contribution is -0.389. The van der Waals surface area contributed by atoms with Gasteiger partial charge in [0.1, 0.15) is 0 Å². The van der Waals surface area contributed by atoms with Gasteiger partial charge in [-0.2, -0.15) is 0 Å². The van der Waals surface area contributed by atoms with Crippen molar-refractivity contribution in [3.63, 3.8) is 0 Å². The van der Waals surface area contributed by atoms with E-state index in [4.69, 9.17) is 5.73 Å². The number of halogens is 1. The lowest BCUT2D eigenvalue weighted by Crippen LogP contribution is -2.02. The van der Waals surface area contributed by atoms with E-state index in [2.05, 4.69) is 20.9 Å². The number of hydrogen-bond acceptors (Lipinski definition) is 4. The number of nitro groups is 1. The highest BCUT2D eigenvalue weighted by atomic mass is 79.9. The number of aromatic nitrogens is 1. The second-order valence-corrected chi connectivity index (χ2v) is 3.01. The van der Waals surface area contributed by atoms with Crippen LogP contribution in [-0.4, -0.2) is 9.91 Å². The van der Waals surface area contributed by atoms with Gasteiger partial charge in [-0.1, -0.05) is 15.9 Å². The molecule has 2 N–H and O–H groups in total. The maximum Gasteiger partial charge on any atom is 0.364 e. The van der Waals surface area contributed by atoms with Crippen LogP contribution in [0.2, 0.25) is 0 Å². The molecule has 0 aliphatic rings. The van der Waals surface area contributed by atoms with Gasteiger partial charge in [0, 0.05) is 10.5 Å². The molecule has 0 saturated heterocycles. The van der Waals surface area contributed by atoms with Crippen molar-refractivity contribution < 1.29 is 4.92 Å². The van der Waals surface area contributed by atoms with Gasteiger partial charge in [0.15, 0.2) is 5.69 Å². The molecule has 0 radical (unpaired) electrons. The van der Waals surface area contributed by atoms with Gasteiger partial charge in [0.25, 0.3) is 0 Å². The number of nitrogens with zero attached hydrogens (tertiary/aromatic N) is 2. The van der Waals surface area contributed by atoms with Crippen molar-refractivity contribution in [3.8, 4) is 0 Å². The standard InChI is InChI=1S/C6H6BrN3O2/c7-4-1-5(3-8)9-6(2-4)10(11)12/h1-2H,3,8H2. The summed E-state index contributed by atoms with van der Waals surface area (Å²) in [5, 5.41) is 10.3. The van der Waals surface area contributed by atoms with Gasteiger partial charge in [0.2, 0.25) is 0 Å². The Bertz CT molecular complexity index is 316. The number of rotatable bonds is 2. The maximum atomic E-state index is 10.3. The van der Waals surface area contributed by atoms with E-state index < -0.39 is 4.92 Å². The molecular weight excluding hydrogens is 226 g/mol. The molecule has 1 aromatic heterocycles. The number of pyridine rings is 1. The fourth-order valence-electron chi connectivity index (χ4n) is 0.734. The molecule has 5 nitrogen and oxygen atoms in total. The highest BCUT2D eigenvalue weighted by molar-refractivity contribution is 9.10. The average Bonchev–Trinajstić information content (AvgIpc) is 2.03. The van der Waals surface area contributed by atoms with E-state index in [1.165, 1.54) is 6.07 Å². The average molecular weight is 232 g/mol. The van der Waals surface area contributed by atoms with Crippen molar-refractivity contribution in [2.75, 3.05) is 0 Å². The van der Waals surface area contributed by atoms with E-state index >= 15 is 0 Å². The predicted octanol–water partition coefficient (Wildman–Crippen LogP) is 1.21. The third-order valence-corrected chi connectivity index (χ3v) is 1.68. The second kappa shape index (κ2) is 3.59. The zero-order valence-corrected chi connectivity index (χ0v) is 7.61. The van der Waals surface area contributed by atoms with Crippen LogP contribution in [-0.2, 0) is 6.54 Å². The topological polar surface area (TPSA) is 82.0 Å². The maximum absolute atomic E-state index is 10.3. The van der Waals surface area contributed by atoms with E-state index in [0.29, 0.717) is 10.2 Å². The van der Waals surface area contributed by atoms with Crippen LogP contribution in [0.4, 0.5) is 5.82 Å². The first-order valence-electron chi connectivity index (χ1n) is 3.14. The van der Waals surface area contributed by atoms with Gasteiger partial charge in [-0.3, -0.25) is 0 Å². The summed E-state index contributed by atoms with van der Waals surface area (Å²) in [4.78, 5) is 13.4. The van der Waals surface area contributed by atoms with Gasteiger partial charge in [-0.15, -0.1) is 0 Å². The Morgan fingerprint density at radius 1 is 1.67 bits per heavy atom. The molecule has 0 unspecified atom stereocenters. The monoisotopic (exact) mass is 231 g/mol. The molecule has 12 heavy (non-hydrogen) atoms. The molecule has 0 aliphatic heterocycles. The quantitative estimate of drug-likeness (QED) is 0.613. The van der Waals surface area contributed by atoms with Gasteiger partial charge >= 0.3 is 5.82 Å². The first-order valence-corrected chi connectivity index (χ1v) is 3.93. The highest BCUT2D eigenvalue weighted by Gasteiger charge is 2.10. The number of nitrogens with two attached hydrogens (primary N) is 1. The summed E-state index contributed by atoms with van der Waals surface area (Å²) >= 11 is 3.12. The minimum absolute atomic E-state index is 0.190. The van der Waals surface area contributed by atoms with E-state index in [-0.39, 0.29) is 12.4 Å². The molecule has 1 aromatic rings. The number of hydrogen-bond donors (Lipinski definition) is 1. The molecule has 6 heteroatoms. The zero-order valence-electron chi connectivity index (χ0n) is 6.03. The Kier molecular flexibility index (Phi) is 2.72. The van der Waals surface area contributed by atoms with Gasteiger partial charge in [-0.25, -0.2) is 0 Å². The molecule has 1 rings (SSSR count). The normalized spacial score (nSPS) is 9.83. The second-order valence-electron chi connectivity index (χ2n) is 2.10. The van der Waals surface area contributed by atoms with Gasteiger partial charge < -0.3 is 15.8 Å². The summed E-state index contributed by atoms with van der Waals surface area (Å²) in [6.07, 6.45) is 0. The summed E-state index contributed by atoms with van der Waals surface area (Å²) < 4.78 is 0.615. The minimum atomic E-state index is -0.552. The van der Waals surface area contributed by atoms with Crippen LogP contribution in [0.25, 0.3) is 0 Å². The van der Waals surface area contributed by atoms with E-state index in [9.17, 15) is 10.1 Å². The summed E-state index contributed by atoms with van der Waals surface area (Å²) in [5.41, 5.74) is 5.78. The molecule has 0 aliphatic carbocycles. The van der Waals surface area contributed by atoms with Crippen LogP contribution in [0.3, 0.4) is 0 Å². The van der Waals surface area contributed by atoms with Gasteiger partial charge in [-0.05, 0) is 9.91 Å². The van der Waals surface area contributed by atoms with Crippen molar-refractivity contribution in [1.82, 2.24) is 4.98 Å². The van der Waals surface area contributed by atoms with Crippen molar-refractivity contribution in [2.45, 2.75) is 6.54 Å². The van der Waals surface area contributed by atoms with Crippen LogP contribution in [0, 0.1) is 10.1 Å². The van der Waals surface area contributed by atoms with Crippen molar-refractivity contribution in [2.24, 2.45) is 5.73 Å². The molecular formula is C6H6BrN3O2. The van der Waals surface area contributed by atoms with Crippen molar-refractivity contribution in [1.29, 1.82) is 0 Å².